The molecule has 0 spiro atoms. The molecule has 5 nitrogen and oxygen atoms in total. The van der Waals surface area contributed by atoms with Crippen LogP contribution in [0.3, 0.4) is 0 Å². The number of halogens is 5. The van der Waals surface area contributed by atoms with Crippen LogP contribution in [0.15, 0.2) is 4.99 Å². The van der Waals surface area contributed by atoms with Crippen LogP contribution < -0.4 is 0 Å². The van der Waals surface area contributed by atoms with Crippen LogP contribution in [0.1, 0.15) is 25.0 Å². The topological polar surface area (TPSA) is 71.3 Å². The van der Waals surface area contributed by atoms with Gasteiger partial charge in [0, 0.05) is 27.6 Å². The average molecular weight is 357 g/mol. The third-order valence-corrected chi connectivity index (χ3v) is 3.27. The van der Waals surface area contributed by atoms with Gasteiger partial charge < -0.3 is 19.7 Å². The van der Waals surface area contributed by atoms with Crippen molar-refractivity contribution in [2.45, 2.75) is 31.8 Å². The predicted octanol–water partition coefficient (Wildman–Crippen LogP) is 2.20. The van der Waals surface area contributed by atoms with Crippen molar-refractivity contribution in [1.29, 1.82) is 0 Å². The number of aliphatic hydroxyl groups excluding tert-OH is 2. The number of hydrogen-bond donors (Lipinski definition) is 2. The zero-order valence-electron chi connectivity index (χ0n) is 13.0. The average Bonchev–Trinajstić information content (AvgIpc) is 2.89. The first-order chi connectivity index (χ1) is 11.3. The van der Waals surface area contributed by atoms with Gasteiger partial charge in [0.25, 0.3) is 0 Å². The van der Waals surface area contributed by atoms with Gasteiger partial charge in [-0.15, -0.1) is 0 Å². The van der Waals surface area contributed by atoms with Gasteiger partial charge in [0.1, 0.15) is 6.04 Å². The van der Waals surface area contributed by atoms with Crippen molar-refractivity contribution < 1.29 is 41.6 Å². The number of methoxy groups -OCH3 is 1. The molecule has 24 heavy (non-hydrogen) atoms. The zero-order chi connectivity index (χ0) is 18.6. The molecule has 0 aromatic heterocycles. The van der Waals surface area contributed by atoms with Gasteiger partial charge >= 0.3 is 0 Å². The standard InChI is InChI=1S/C13H12F5NO3.CH4O/c1-4-19-5(13(20)22-4)3-6(21-2)7-8(14)10(16)12(18)11(17)9(7)15;1-2/h5-6,13,20H,3H2,1-2H3;2H,1H3. The van der Waals surface area contributed by atoms with Gasteiger partial charge in [0.05, 0.1) is 11.7 Å². The summed E-state index contributed by atoms with van der Waals surface area (Å²) in [7, 11) is 2.04. The molecular formula is C14H16F5NO4. The Morgan fingerprint density at radius 2 is 1.50 bits per heavy atom. The fraction of sp³-hybridized carbons (Fsp3) is 0.500. The Bertz CT molecular complexity index is 597. The molecule has 2 rings (SSSR count). The van der Waals surface area contributed by atoms with Crippen LogP contribution in [-0.4, -0.2) is 42.7 Å². The van der Waals surface area contributed by atoms with E-state index in [0.717, 1.165) is 14.2 Å². The lowest BCUT2D eigenvalue weighted by atomic mass is 10.00. The van der Waals surface area contributed by atoms with E-state index in [-0.39, 0.29) is 12.3 Å². The smallest absolute Gasteiger partial charge is 0.221 e. The van der Waals surface area contributed by atoms with Gasteiger partial charge in [-0.1, -0.05) is 0 Å². The normalized spacial score (nSPS) is 20.8. The zero-order valence-corrected chi connectivity index (χ0v) is 13.0. The highest BCUT2D eigenvalue weighted by Crippen LogP contribution is 2.33. The Morgan fingerprint density at radius 1 is 1.04 bits per heavy atom. The molecule has 2 N–H and O–H groups in total. The fourth-order valence-electron chi connectivity index (χ4n) is 2.21. The molecule has 0 saturated carbocycles. The van der Waals surface area contributed by atoms with Crippen LogP contribution in [-0.2, 0) is 9.47 Å². The van der Waals surface area contributed by atoms with Crippen LogP contribution in [0.5, 0.6) is 0 Å². The van der Waals surface area contributed by atoms with E-state index in [1.54, 1.807) is 0 Å². The summed E-state index contributed by atoms with van der Waals surface area (Å²) in [6.45, 7) is 1.45. The number of rotatable bonds is 4. The van der Waals surface area contributed by atoms with Crippen molar-refractivity contribution in [2.24, 2.45) is 4.99 Å². The summed E-state index contributed by atoms with van der Waals surface area (Å²) >= 11 is 0. The van der Waals surface area contributed by atoms with Gasteiger partial charge in [0.2, 0.25) is 12.1 Å². The molecule has 0 fully saturated rings. The lowest BCUT2D eigenvalue weighted by Crippen LogP contribution is -2.25. The molecule has 0 bridgehead atoms. The van der Waals surface area contributed by atoms with Crippen LogP contribution in [0, 0.1) is 29.1 Å². The number of ether oxygens (including phenoxy) is 2. The lowest BCUT2D eigenvalue weighted by molar-refractivity contribution is -0.0412. The highest BCUT2D eigenvalue weighted by molar-refractivity contribution is 5.75. The minimum atomic E-state index is -2.24. The Kier molecular flexibility index (Phi) is 7.06. The molecule has 1 aliphatic heterocycles. The number of hydrogen-bond acceptors (Lipinski definition) is 5. The maximum absolute atomic E-state index is 13.8. The molecule has 0 radical (unpaired) electrons. The first-order valence-corrected chi connectivity index (χ1v) is 6.65. The Balaban J connectivity index is 0.00000139. The Morgan fingerprint density at radius 3 is 1.88 bits per heavy atom. The van der Waals surface area contributed by atoms with Crippen molar-refractivity contribution >= 4 is 5.90 Å². The van der Waals surface area contributed by atoms with Crippen LogP contribution >= 0.6 is 0 Å². The molecule has 1 aromatic carbocycles. The molecule has 0 saturated heterocycles. The summed E-state index contributed by atoms with van der Waals surface area (Å²) in [6, 6.07) is -0.945. The quantitative estimate of drug-likeness (QED) is 0.492. The van der Waals surface area contributed by atoms with E-state index in [1.165, 1.54) is 6.92 Å². The third kappa shape index (κ3) is 3.82. The first-order valence-electron chi connectivity index (χ1n) is 6.65. The van der Waals surface area contributed by atoms with Gasteiger partial charge in [-0.25, -0.2) is 26.9 Å². The highest BCUT2D eigenvalue weighted by atomic mass is 19.2. The molecule has 0 aliphatic carbocycles. The number of aliphatic imine (C=N–C) groups is 1. The first kappa shape index (κ1) is 20.3. The van der Waals surface area contributed by atoms with Crippen molar-refractivity contribution in [2.75, 3.05) is 14.2 Å². The van der Waals surface area contributed by atoms with Crippen molar-refractivity contribution in [3.05, 3.63) is 34.6 Å². The second-order valence-electron chi connectivity index (χ2n) is 4.67. The van der Waals surface area contributed by atoms with Gasteiger partial charge in [-0.05, 0) is 0 Å². The predicted molar refractivity (Wildman–Crippen MR) is 72.7 cm³/mol. The molecule has 0 amide bonds. The monoisotopic (exact) mass is 357 g/mol. The van der Waals surface area contributed by atoms with Crippen LogP contribution in [0.4, 0.5) is 22.0 Å². The van der Waals surface area contributed by atoms with E-state index < -0.39 is 53.1 Å². The van der Waals surface area contributed by atoms with Gasteiger partial charge in [-0.2, -0.15) is 0 Å². The Hall–Kier alpha value is -1.78. The lowest BCUT2D eigenvalue weighted by Gasteiger charge is -2.21. The number of nitrogens with zero attached hydrogens (tertiary/aromatic N) is 1. The second kappa shape index (κ2) is 8.36. The summed E-state index contributed by atoms with van der Waals surface area (Å²) in [6.07, 6.45) is -3.20. The van der Waals surface area contributed by atoms with Crippen molar-refractivity contribution in [1.82, 2.24) is 0 Å². The largest absolute Gasteiger partial charge is 0.450 e. The third-order valence-electron chi connectivity index (χ3n) is 3.27. The number of aliphatic hydroxyl groups is 2. The van der Waals surface area contributed by atoms with E-state index in [4.69, 9.17) is 14.6 Å². The van der Waals surface area contributed by atoms with E-state index in [2.05, 4.69) is 4.99 Å². The maximum Gasteiger partial charge on any atom is 0.221 e. The molecule has 3 atom stereocenters. The summed E-state index contributed by atoms with van der Waals surface area (Å²) in [4.78, 5) is 3.86. The van der Waals surface area contributed by atoms with E-state index >= 15 is 0 Å². The fourth-order valence-corrected chi connectivity index (χ4v) is 2.21. The van der Waals surface area contributed by atoms with E-state index in [0.29, 0.717) is 0 Å². The molecule has 10 heteroatoms. The summed E-state index contributed by atoms with van der Waals surface area (Å²) in [5.74, 6) is -10.2. The Labute approximate surface area is 134 Å². The number of benzene rings is 1. The molecule has 3 unspecified atom stereocenters. The van der Waals surface area contributed by atoms with E-state index in [1.807, 2.05) is 0 Å². The summed E-state index contributed by atoms with van der Waals surface area (Å²) < 4.78 is 76.7. The molecule has 1 heterocycles. The van der Waals surface area contributed by atoms with Crippen molar-refractivity contribution in [3.63, 3.8) is 0 Å². The molecule has 1 aromatic rings. The molecule has 1 aliphatic rings. The maximum atomic E-state index is 13.8. The summed E-state index contributed by atoms with van der Waals surface area (Å²) in [5.41, 5.74) is -1.11. The highest BCUT2D eigenvalue weighted by Gasteiger charge is 2.35. The minimum Gasteiger partial charge on any atom is -0.450 e. The van der Waals surface area contributed by atoms with Gasteiger partial charge in [0.15, 0.2) is 29.2 Å². The molecule has 136 valence electrons. The SMILES string of the molecule is CO.COC(CC1N=C(C)OC1O)c1c(F)c(F)c(F)c(F)c1F. The van der Waals surface area contributed by atoms with Crippen LogP contribution in [0.2, 0.25) is 0 Å². The van der Waals surface area contributed by atoms with Crippen molar-refractivity contribution in [3.8, 4) is 0 Å². The van der Waals surface area contributed by atoms with Gasteiger partial charge in [-0.3, -0.25) is 0 Å². The molecular weight excluding hydrogens is 341 g/mol. The van der Waals surface area contributed by atoms with Crippen LogP contribution in [0.25, 0.3) is 0 Å². The summed E-state index contributed by atoms with van der Waals surface area (Å²) in [5, 5.41) is 16.6. The van der Waals surface area contributed by atoms with E-state index in [9.17, 15) is 27.1 Å². The minimum absolute atomic E-state index is 0.143. The second-order valence-corrected chi connectivity index (χ2v) is 4.67.